The first-order chi connectivity index (χ1) is 11.1. The number of hydrogen-bond donors (Lipinski definition) is 0. The summed E-state index contributed by atoms with van der Waals surface area (Å²) < 4.78 is 5.10. The van der Waals surface area contributed by atoms with Gasteiger partial charge in [0.2, 0.25) is 0 Å². The molecule has 0 radical (unpaired) electrons. The minimum Gasteiger partial charge on any atom is -0.454 e. The second-order valence-electron chi connectivity index (χ2n) is 5.70. The molecular formula is C19H17ClO3. The Hall–Kier alpha value is -2.13. The van der Waals surface area contributed by atoms with Crippen LogP contribution in [0.2, 0.25) is 5.02 Å². The number of ether oxygens (including phenoxy) is 1. The van der Waals surface area contributed by atoms with E-state index in [4.69, 9.17) is 16.3 Å². The maximum absolute atomic E-state index is 12.2. The largest absolute Gasteiger partial charge is 0.454 e. The second kappa shape index (κ2) is 6.97. The molecule has 2 aromatic carbocycles. The predicted molar refractivity (Wildman–Crippen MR) is 89.1 cm³/mol. The zero-order valence-corrected chi connectivity index (χ0v) is 13.4. The molecule has 1 aliphatic rings. The standard InChI is InChI=1S/C19H17ClO3/c20-17-7-3-6-16(11-17)19(22)23-12-18(21)15-9-8-13-4-1-2-5-14(13)10-15/h3,6-11H,1-2,4-5,12H2. The highest BCUT2D eigenvalue weighted by molar-refractivity contribution is 6.30. The molecule has 0 spiro atoms. The van der Waals surface area contributed by atoms with E-state index in [9.17, 15) is 9.59 Å². The Morgan fingerprint density at radius 1 is 0.957 bits per heavy atom. The lowest BCUT2D eigenvalue weighted by atomic mass is 9.90. The number of carbonyl (C=O) groups excluding carboxylic acids is 2. The van der Waals surface area contributed by atoms with Crippen LogP contribution in [0.15, 0.2) is 42.5 Å². The molecule has 0 atom stereocenters. The van der Waals surface area contributed by atoms with Crippen molar-refractivity contribution in [1.82, 2.24) is 0 Å². The van der Waals surface area contributed by atoms with E-state index in [0.717, 1.165) is 19.3 Å². The first-order valence-electron chi connectivity index (χ1n) is 7.71. The van der Waals surface area contributed by atoms with Crippen molar-refractivity contribution >= 4 is 23.4 Å². The van der Waals surface area contributed by atoms with E-state index in [1.54, 1.807) is 18.2 Å². The Morgan fingerprint density at radius 2 is 1.74 bits per heavy atom. The zero-order chi connectivity index (χ0) is 16.2. The smallest absolute Gasteiger partial charge is 0.338 e. The molecule has 3 rings (SSSR count). The normalized spacial score (nSPS) is 13.3. The van der Waals surface area contributed by atoms with Crippen LogP contribution in [-0.2, 0) is 17.6 Å². The molecule has 0 aromatic heterocycles. The molecule has 3 nitrogen and oxygen atoms in total. The molecule has 0 amide bonds. The Bertz CT molecular complexity index is 752. The first-order valence-corrected chi connectivity index (χ1v) is 8.09. The fourth-order valence-electron chi connectivity index (χ4n) is 2.82. The van der Waals surface area contributed by atoms with Crippen molar-refractivity contribution in [2.24, 2.45) is 0 Å². The summed E-state index contributed by atoms with van der Waals surface area (Å²) >= 11 is 5.84. The second-order valence-corrected chi connectivity index (χ2v) is 6.14. The highest BCUT2D eigenvalue weighted by atomic mass is 35.5. The van der Waals surface area contributed by atoms with Crippen molar-refractivity contribution < 1.29 is 14.3 Å². The lowest BCUT2D eigenvalue weighted by Crippen LogP contribution is -2.15. The van der Waals surface area contributed by atoms with Crippen LogP contribution < -0.4 is 0 Å². The van der Waals surface area contributed by atoms with E-state index in [1.807, 2.05) is 18.2 Å². The molecule has 0 N–H and O–H groups in total. The number of carbonyl (C=O) groups is 2. The van der Waals surface area contributed by atoms with Gasteiger partial charge in [-0.2, -0.15) is 0 Å². The summed E-state index contributed by atoms with van der Waals surface area (Å²) in [5.41, 5.74) is 3.51. The molecule has 118 valence electrons. The van der Waals surface area contributed by atoms with Gasteiger partial charge in [-0.05, 0) is 61.1 Å². The molecule has 2 aromatic rings. The van der Waals surface area contributed by atoms with Gasteiger partial charge in [0.05, 0.1) is 5.56 Å². The number of rotatable bonds is 4. The Morgan fingerprint density at radius 3 is 2.52 bits per heavy atom. The molecule has 4 heteroatoms. The topological polar surface area (TPSA) is 43.4 Å². The van der Waals surface area contributed by atoms with Crippen LogP contribution in [0.1, 0.15) is 44.7 Å². The Labute approximate surface area is 140 Å². The van der Waals surface area contributed by atoms with Crippen molar-refractivity contribution in [3.63, 3.8) is 0 Å². The van der Waals surface area contributed by atoms with Crippen LogP contribution in [0.25, 0.3) is 0 Å². The van der Waals surface area contributed by atoms with Gasteiger partial charge in [-0.25, -0.2) is 4.79 Å². The summed E-state index contributed by atoms with van der Waals surface area (Å²) in [6.45, 7) is -0.260. The molecule has 1 aliphatic carbocycles. The maximum atomic E-state index is 12.2. The van der Waals surface area contributed by atoms with Gasteiger partial charge in [-0.1, -0.05) is 29.8 Å². The number of hydrogen-bond acceptors (Lipinski definition) is 3. The van der Waals surface area contributed by atoms with Gasteiger partial charge in [0.15, 0.2) is 12.4 Å². The highest BCUT2D eigenvalue weighted by Crippen LogP contribution is 2.22. The van der Waals surface area contributed by atoms with Crippen molar-refractivity contribution in [2.75, 3.05) is 6.61 Å². The summed E-state index contributed by atoms with van der Waals surface area (Å²) in [5.74, 6) is -0.729. The van der Waals surface area contributed by atoms with Crippen molar-refractivity contribution in [3.05, 3.63) is 69.7 Å². The summed E-state index contributed by atoms with van der Waals surface area (Å²) in [7, 11) is 0. The number of halogens is 1. The molecule has 23 heavy (non-hydrogen) atoms. The van der Waals surface area contributed by atoms with Gasteiger partial charge in [0.1, 0.15) is 0 Å². The van der Waals surface area contributed by atoms with Gasteiger partial charge in [0.25, 0.3) is 0 Å². The number of benzene rings is 2. The van der Waals surface area contributed by atoms with Crippen LogP contribution >= 0.6 is 11.6 Å². The first kappa shape index (κ1) is 15.8. The molecular weight excluding hydrogens is 312 g/mol. The molecule has 0 unspecified atom stereocenters. The summed E-state index contributed by atoms with van der Waals surface area (Å²) in [6, 6.07) is 12.2. The van der Waals surface area contributed by atoms with Crippen LogP contribution in [0.4, 0.5) is 0 Å². The predicted octanol–water partition coefficient (Wildman–Crippen LogP) is 4.26. The lowest BCUT2D eigenvalue weighted by molar-refractivity contribution is 0.0474. The van der Waals surface area contributed by atoms with Crippen LogP contribution in [-0.4, -0.2) is 18.4 Å². The number of esters is 1. The SMILES string of the molecule is O=C(COC(=O)c1cccc(Cl)c1)c1ccc2c(c1)CCCC2. The average molecular weight is 329 g/mol. The lowest BCUT2D eigenvalue weighted by Gasteiger charge is -2.16. The third kappa shape index (κ3) is 3.80. The van der Waals surface area contributed by atoms with Crippen LogP contribution in [0, 0.1) is 0 Å². The number of aryl methyl sites for hydroxylation is 2. The van der Waals surface area contributed by atoms with Crippen molar-refractivity contribution in [3.8, 4) is 0 Å². The molecule has 0 fully saturated rings. The monoisotopic (exact) mass is 328 g/mol. The summed E-state index contributed by atoms with van der Waals surface area (Å²) in [5, 5.41) is 0.459. The average Bonchev–Trinajstić information content (AvgIpc) is 2.59. The van der Waals surface area contributed by atoms with E-state index in [1.165, 1.54) is 23.6 Å². The van der Waals surface area contributed by atoms with E-state index in [0.29, 0.717) is 16.1 Å². The molecule has 0 aliphatic heterocycles. The van der Waals surface area contributed by atoms with Crippen LogP contribution in [0.5, 0.6) is 0 Å². The van der Waals surface area contributed by atoms with Gasteiger partial charge >= 0.3 is 5.97 Å². The van der Waals surface area contributed by atoms with E-state index in [-0.39, 0.29) is 12.4 Å². The van der Waals surface area contributed by atoms with Crippen LogP contribution in [0.3, 0.4) is 0 Å². The summed E-state index contributed by atoms with van der Waals surface area (Å²) in [4.78, 5) is 24.2. The zero-order valence-electron chi connectivity index (χ0n) is 12.7. The van der Waals surface area contributed by atoms with E-state index >= 15 is 0 Å². The third-order valence-corrected chi connectivity index (χ3v) is 4.30. The number of fused-ring (bicyclic) bond motifs is 1. The highest BCUT2D eigenvalue weighted by Gasteiger charge is 2.15. The van der Waals surface area contributed by atoms with Crippen molar-refractivity contribution in [1.29, 1.82) is 0 Å². The minimum absolute atomic E-state index is 0.186. The Balaban J connectivity index is 1.64. The number of Topliss-reactive ketones (excluding diaryl/α,β-unsaturated/α-hetero) is 1. The van der Waals surface area contributed by atoms with Gasteiger partial charge in [-0.15, -0.1) is 0 Å². The fraction of sp³-hybridized carbons (Fsp3) is 0.263. The van der Waals surface area contributed by atoms with Gasteiger partial charge in [-0.3, -0.25) is 4.79 Å². The summed E-state index contributed by atoms with van der Waals surface area (Å²) in [6.07, 6.45) is 4.46. The fourth-order valence-corrected chi connectivity index (χ4v) is 3.01. The molecule has 0 saturated carbocycles. The Kier molecular flexibility index (Phi) is 4.77. The van der Waals surface area contributed by atoms with E-state index in [2.05, 4.69) is 0 Å². The minimum atomic E-state index is -0.543. The van der Waals surface area contributed by atoms with Crippen molar-refractivity contribution in [2.45, 2.75) is 25.7 Å². The third-order valence-electron chi connectivity index (χ3n) is 4.07. The molecule has 0 saturated heterocycles. The maximum Gasteiger partial charge on any atom is 0.338 e. The van der Waals surface area contributed by atoms with Gasteiger partial charge < -0.3 is 4.74 Å². The quantitative estimate of drug-likeness (QED) is 0.622. The number of ketones is 1. The van der Waals surface area contributed by atoms with Gasteiger partial charge in [0, 0.05) is 10.6 Å². The van der Waals surface area contributed by atoms with E-state index < -0.39 is 5.97 Å². The molecule has 0 heterocycles. The molecule has 0 bridgehead atoms.